The summed E-state index contributed by atoms with van der Waals surface area (Å²) < 4.78 is 48.0. The highest BCUT2D eigenvalue weighted by atomic mass is 32.2. The molecule has 1 atom stereocenters. The fourth-order valence-electron chi connectivity index (χ4n) is 1.49. The van der Waals surface area contributed by atoms with E-state index < -0.39 is 25.1 Å². The van der Waals surface area contributed by atoms with Crippen LogP contribution in [0.3, 0.4) is 0 Å². The molecule has 0 amide bonds. The maximum Gasteiger partial charge on any atom is 0.215 e. The summed E-state index contributed by atoms with van der Waals surface area (Å²) in [6.07, 6.45) is 0.579. The SMILES string of the molecule is CCS(=O)(=O)CCNS(=O)(=O)C1CCNC1. The predicted molar refractivity (Wildman–Crippen MR) is 62.5 cm³/mol. The highest BCUT2D eigenvalue weighted by Gasteiger charge is 2.28. The van der Waals surface area contributed by atoms with Gasteiger partial charge < -0.3 is 5.32 Å². The topological polar surface area (TPSA) is 92.3 Å². The van der Waals surface area contributed by atoms with Crippen LogP contribution < -0.4 is 10.0 Å². The van der Waals surface area contributed by atoms with Crippen LogP contribution in [0.2, 0.25) is 0 Å². The van der Waals surface area contributed by atoms with E-state index in [0.717, 1.165) is 0 Å². The summed E-state index contributed by atoms with van der Waals surface area (Å²) in [5, 5.41) is 2.53. The van der Waals surface area contributed by atoms with Crippen molar-refractivity contribution in [3.05, 3.63) is 0 Å². The van der Waals surface area contributed by atoms with Crippen molar-refractivity contribution < 1.29 is 16.8 Å². The minimum Gasteiger partial charge on any atom is -0.315 e. The van der Waals surface area contributed by atoms with Gasteiger partial charge in [0.05, 0.1) is 11.0 Å². The van der Waals surface area contributed by atoms with Crippen LogP contribution in [0.25, 0.3) is 0 Å². The molecule has 0 aromatic rings. The minimum atomic E-state index is -3.37. The van der Waals surface area contributed by atoms with Crippen molar-refractivity contribution in [2.24, 2.45) is 0 Å². The monoisotopic (exact) mass is 270 g/mol. The molecule has 1 fully saturated rings. The molecule has 1 unspecified atom stereocenters. The molecule has 0 aromatic heterocycles. The van der Waals surface area contributed by atoms with Gasteiger partial charge in [-0.25, -0.2) is 21.6 Å². The summed E-state index contributed by atoms with van der Waals surface area (Å²) in [4.78, 5) is 0. The van der Waals surface area contributed by atoms with E-state index in [9.17, 15) is 16.8 Å². The summed E-state index contributed by atoms with van der Waals surface area (Å²) in [5.41, 5.74) is 0. The van der Waals surface area contributed by atoms with E-state index in [0.29, 0.717) is 19.5 Å². The summed E-state index contributed by atoms with van der Waals surface area (Å²) in [5.74, 6) is -0.0947. The second-order valence-electron chi connectivity index (χ2n) is 3.79. The van der Waals surface area contributed by atoms with Gasteiger partial charge in [-0.1, -0.05) is 6.92 Å². The average Bonchev–Trinajstić information content (AvgIpc) is 2.70. The Balaban J connectivity index is 2.43. The fraction of sp³-hybridized carbons (Fsp3) is 1.00. The minimum absolute atomic E-state index is 0.0327. The van der Waals surface area contributed by atoms with Crippen molar-refractivity contribution >= 4 is 19.9 Å². The first-order valence-corrected chi connectivity index (χ1v) is 8.64. The maximum absolute atomic E-state index is 11.7. The van der Waals surface area contributed by atoms with Crippen molar-refractivity contribution in [2.45, 2.75) is 18.6 Å². The molecule has 1 heterocycles. The lowest BCUT2D eigenvalue weighted by Gasteiger charge is -2.11. The van der Waals surface area contributed by atoms with Crippen LogP contribution in [0, 0.1) is 0 Å². The molecule has 16 heavy (non-hydrogen) atoms. The van der Waals surface area contributed by atoms with Crippen molar-refractivity contribution in [1.29, 1.82) is 0 Å². The number of hydrogen-bond donors (Lipinski definition) is 2. The standard InChI is InChI=1S/C8H18N2O4S2/c1-2-15(11,12)6-5-10-16(13,14)8-3-4-9-7-8/h8-10H,2-7H2,1H3. The second-order valence-corrected chi connectivity index (χ2v) is 8.31. The Bertz CT molecular complexity index is 409. The lowest BCUT2D eigenvalue weighted by atomic mass is 10.4. The molecule has 96 valence electrons. The Morgan fingerprint density at radius 3 is 2.50 bits per heavy atom. The molecule has 0 spiro atoms. The molecule has 2 N–H and O–H groups in total. The molecule has 0 bridgehead atoms. The third-order valence-corrected chi connectivity index (χ3v) is 6.20. The molecular formula is C8H18N2O4S2. The average molecular weight is 270 g/mol. The fourth-order valence-corrected chi connectivity index (χ4v) is 3.71. The van der Waals surface area contributed by atoms with E-state index in [1.165, 1.54) is 0 Å². The lowest BCUT2D eigenvalue weighted by molar-refractivity contribution is 0.569. The highest BCUT2D eigenvalue weighted by Crippen LogP contribution is 2.07. The number of sulfonamides is 1. The maximum atomic E-state index is 11.7. The van der Waals surface area contributed by atoms with Crippen LogP contribution in [-0.4, -0.2) is 53.2 Å². The number of sulfone groups is 1. The number of hydrogen-bond acceptors (Lipinski definition) is 5. The largest absolute Gasteiger partial charge is 0.315 e. The zero-order valence-electron chi connectivity index (χ0n) is 9.27. The van der Waals surface area contributed by atoms with Gasteiger partial charge in [0, 0.05) is 18.8 Å². The number of rotatable bonds is 6. The van der Waals surface area contributed by atoms with Crippen molar-refractivity contribution in [3.8, 4) is 0 Å². The molecular weight excluding hydrogens is 252 g/mol. The molecule has 8 heteroatoms. The third kappa shape index (κ3) is 4.00. The number of nitrogens with one attached hydrogen (secondary N) is 2. The van der Waals surface area contributed by atoms with Crippen molar-refractivity contribution in [2.75, 3.05) is 31.1 Å². The first-order valence-electron chi connectivity index (χ1n) is 5.27. The first kappa shape index (κ1) is 13.9. The van der Waals surface area contributed by atoms with E-state index >= 15 is 0 Å². The Labute approximate surface area is 96.8 Å². The van der Waals surface area contributed by atoms with Crippen LogP contribution in [-0.2, 0) is 19.9 Å². The molecule has 1 aliphatic heterocycles. The lowest BCUT2D eigenvalue weighted by Crippen LogP contribution is -2.38. The Kier molecular flexibility index (Phi) is 4.72. The van der Waals surface area contributed by atoms with E-state index in [1.54, 1.807) is 6.92 Å². The van der Waals surface area contributed by atoms with Crippen LogP contribution in [0.5, 0.6) is 0 Å². The zero-order valence-corrected chi connectivity index (χ0v) is 10.9. The van der Waals surface area contributed by atoms with Gasteiger partial charge in [-0.2, -0.15) is 0 Å². The van der Waals surface area contributed by atoms with Crippen LogP contribution >= 0.6 is 0 Å². The van der Waals surface area contributed by atoms with Crippen molar-refractivity contribution in [1.82, 2.24) is 10.0 Å². The van der Waals surface area contributed by atoms with E-state index in [4.69, 9.17) is 0 Å². The molecule has 1 aliphatic rings. The van der Waals surface area contributed by atoms with Gasteiger partial charge in [-0.3, -0.25) is 0 Å². The molecule has 1 rings (SSSR count). The van der Waals surface area contributed by atoms with E-state index in [1.807, 2.05) is 0 Å². The molecule has 0 aliphatic carbocycles. The predicted octanol–water partition coefficient (Wildman–Crippen LogP) is -1.30. The third-order valence-electron chi connectivity index (χ3n) is 2.61. The van der Waals surface area contributed by atoms with Gasteiger partial charge in [-0.15, -0.1) is 0 Å². The van der Waals surface area contributed by atoms with Gasteiger partial charge in [0.2, 0.25) is 10.0 Å². The normalized spacial score (nSPS) is 22.4. The van der Waals surface area contributed by atoms with Gasteiger partial charge in [0.25, 0.3) is 0 Å². The highest BCUT2D eigenvalue weighted by molar-refractivity contribution is 7.91. The molecule has 0 aromatic carbocycles. The quantitative estimate of drug-likeness (QED) is 0.626. The molecule has 1 saturated heterocycles. The summed E-state index contributed by atoms with van der Waals surface area (Å²) >= 11 is 0. The van der Waals surface area contributed by atoms with E-state index in [-0.39, 0.29) is 18.1 Å². The molecule has 6 nitrogen and oxygen atoms in total. The van der Waals surface area contributed by atoms with Crippen LogP contribution in [0.1, 0.15) is 13.3 Å². The zero-order chi connectivity index (χ0) is 12.2. The van der Waals surface area contributed by atoms with Gasteiger partial charge >= 0.3 is 0 Å². The molecule has 0 radical (unpaired) electrons. The summed E-state index contributed by atoms with van der Waals surface area (Å²) in [6, 6.07) is 0. The van der Waals surface area contributed by atoms with E-state index in [2.05, 4.69) is 10.0 Å². The van der Waals surface area contributed by atoms with Gasteiger partial charge in [0.15, 0.2) is 9.84 Å². The second kappa shape index (κ2) is 5.44. The Morgan fingerprint density at radius 2 is 2.00 bits per heavy atom. The van der Waals surface area contributed by atoms with Gasteiger partial charge in [-0.05, 0) is 13.0 Å². The Morgan fingerprint density at radius 1 is 1.31 bits per heavy atom. The van der Waals surface area contributed by atoms with Crippen molar-refractivity contribution in [3.63, 3.8) is 0 Å². The summed E-state index contributed by atoms with van der Waals surface area (Å²) in [7, 11) is -6.48. The Hall–Kier alpha value is -0.180. The van der Waals surface area contributed by atoms with Gasteiger partial charge in [0.1, 0.15) is 0 Å². The smallest absolute Gasteiger partial charge is 0.215 e. The van der Waals surface area contributed by atoms with Crippen LogP contribution in [0.4, 0.5) is 0 Å². The summed E-state index contributed by atoms with van der Waals surface area (Å²) in [6.45, 7) is 2.65. The van der Waals surface area contributed by atoms with Crippen LogP contribution in [0.15, 0.2) is 0 Å². The molecule has 0 saturated carbocycles. The first-order chi connectivity index (χ1) is 7.37.